The van der Waals surface area contributed by atoms with Gasteiger partial charge in [-0.05, 0) is 48.6 Å². The number of nitrogens with zero attached hydrogens (tertiary/aromatic N) is 1. The van der Waals surface area contributed by atoms with Crippen molar-refractivity contribution < 1.29 is 4.39 Å². The molecule has 1 aromatic heterocycles. The van der Waals surface area contributed by atoms with E-state index in [-0.39, 0.29) is 5.82 Å². The Morgan fingerprint density at radius 1 is 1.17 bits per heavy atom. The molecule has 0 bridgehead atoms. The van der Waals surface area contributed by atoms with Crippen LogP contribution >= 0.6 is 23.8 Å². The van der Waals surface area contributed by atoms with Gasteiger partial charge in [0.15, 0.2) is 4.77 Å². The minimum absolute atomic E-state index is 0.294. The second-order valence-electron chi connectivity index (χ2n) is 3.91. The minimum Gasteiger partial charge on any atom is -0.330 e. The second-order valence-corrected chi connectivity index (χ2v) is 4.73. The Hall–Kier alpha value is -1.65. The summed E-state index contributed by atoms with van der Waals surface area (Å²) in [5.74, 6) is -0.294. The molecule has 0 aliphatic rings. The van der Waals surface area contributed by atoms with Crippen LogP contribution in [0.2, 0.25) is 5.02 Å². The molecule has 0 fully saturated rings. The molecule has 2 nitrogen and oxygen atoms in total. The van der Waals surface area contributed by atoms with Gasteiger partial charge in [-0.1, -0.05) is 17.7 Å². The third kappa shape index (κ3) is 1.83. The summed E-state index contributed by atoms with van der Waals surface area (Å²) < 4.78 is 15.6. The number of benzene rings is 2. The van der Waals surface area contributed by atoms with Crippen molar-refractivity contribution in [1.29, 1.82) is 0 Å². The standard InChI is InChI=1S/C13H8ClFN2S/c14-8-4-5-12-11(6-8)16-13(18)17(12)10-3-1-2-9(15)7-10/h1-7H,(H,16,18). The number of halogens is 2. The topological polar surface area (TPSA) is 20.7 Å². The monoisotopic (exact) mass is 278 g/mol. The van der Waals surface area contributed by atoms with Crippen LogP contribution in [0.1, 0.15) is 0 Å². The Balaban J connectivity index is 2.35. The molecule has 0 saturated carbocycles. The predicted octanol–water partition coefficient (Wildman–Crippen LogP) is 4.48. The molecule has 1 N–H and O–H groups in total. The highest BCUT2D eigenvalue weighted by Gasteiger charge is 2.07. The first kappa shape index (κ1) is 11.4. The van der Waals surface area contributed by atoms with Gasteiger partial charge in [0.05, 0.1) is 16.7 Å². The Morgan fingerprint density at radius 2 is 2.00 bits per heavy atom. The van der Waals surface area contributed by atoms with Gasteiger partial charge in [0.2, 0.25) is 0 Å². The third-order valence-corrected chi connectivity index (χ3v) is 3.23. The molecular weight excluding hydrogens is 271 g/mol. The molecule has 5 heteroatoms. The molecule has 90 valence electrons. The van der Waals surface area contributed by atoms with E-state index in [1.165, 1.54) is 12.1 Å². The molecule has 0 radical (unpaired) electrons. The number of aromatic nitrogens is 2. The van der Waals surface area contributed by atoms with E-state index in [4.69, 9.17) is 23.8 Å². The van der Waals surface area contributed by atoms with Crippen molar-refractivity contribution in [1.82, 2.24) is 9.55 Å². The highest BCUT2D eigenvalue weighted by atomic mass is 35.5. The molecule has 3 aromatic rings. The molecule has 0 aliphatic heterocycles. The molecule has 0 atom stereocenters. The SMILES string of the molecule is Fc1cccc(-n2c(=S)[nH]c3cc(Cl)ccc32)c1. The zero-order chi connectivity index (χ0) is 12.7. The van der Waals surface area contributed by atoms with Gasteiger partial charge in [-0.15, -0.1) is 0 Å². The summed E-state index contributed by atoms with van der Waals surface area (Å²) in [6.07, 6.45) is 0. The fourth-order valence-electron chi connectivity index (χ4n) is 1.96. The Bertz CT molecular complexity index is 791. The number of hydrogen-bond donors (Lipinski definition) is 1. The molecular formula is C13H8ClFN2S. The highest BCUT2D eigenvalue weighted by molar-refractivity contribution is 7.71. The normalized spacial score (nSPS) is 11.0. The molecule has 0 amide bonds. The van der Waals surface area contributed by atoms with Gasteiger partial charge in [0.25, 0.3) is 0 Å². The lowest BCUT2D eigenvalue weighted by atomic mass is 10.2. The lowest BCUT2D eigenvalue weighted by molar-refractivity contribution is 0.626. The van der Waals surface area contributed by atoms with Crippen LogP contribution in [0.3, 0.4) is 0 Å². The summed E-state index contributed by atoms with van der Waals surface area (Å²) in [5.41, 5.74) is 2.39. The van der Waals surface area contributed by atoms with Crippen molar-refractivity contribution in [2.45, 2.75) is 0 Å². The van der Waals surface area contributed by atoms with Gasteiger partial charge < -0.3 is 4.98 Å². The van der Waals surface area contributed by atoms with Crippen LogP contribution in [-0.2, 0) is 0 Å². The number of nitrogens with one attached hydrogen (secondary N) is 1. The van der Waals surface area contributed by atoms with Crippen LogP contribution in [-0.4, -0.2) is 9.55 Å². The first-order chi connectivity index (χ1) is 8.65. The van der Waals surface area contributed by atoms with Crippen LogP contribution in [0.5, 0.6) is 0 Å². The largest absolute Gasteiger partial charge is 0.330 e. The van der Waals surface area contributed by atoms with Crippen LogP contribution in [0, 0.1) is 10.6 Å². The van der Waals surface area contributed by atoms with Crippen LogP contribution < -0.4 is 0 Å². The fraction of sp³-hybridized carbons (Fsp3) is 0. The molecule has 1 heterocycles. The number of fused-ring (bicyclic) bond motifs is 1. The summed E-state index contributed by atoms with van der Waals surface area (Å²) in [7, 11) is 0. The number of hydrogen-bond acceptors (Lipinski definition) is 1. The number of aromatic amines is 1. The zero-order valence-corrected chi connectivity index (χ0v) is 10.7. The second kappa shape index (κ2) is 4.23. The smallest absolute Gasteiger partial charge is 0.182 e. The maximum absolute atomic E-state index is 13.3. The average Bonchev–Trinajstić information content (AvgIpc) is 2.64. The van der Waals surface area contributed by atoms with E-state index >= 15 is 0 Å². The first-order valence-electron chi connectivity index (χ1n) is 5.31. The minimum atomic E-state index is -0.294. The molecule has 0 spiro atoms. The van der Waals surface area contributed by atoms with E-state index in [0.717, 1.165) is 11.0 Å². The predicted molar refractivity (Wildman–Crippen MR) is 73.4 cm³/mol. The average molecular weight is 279 g/mol. The van der Waals surface area contributed by atoms with Crippen molar-refractivity contribution in [2.75, 3.05) is 0 Å². The Kier molecular flexibility index (Phi) is 2.69. The lowest BCUT2D eigenvalue weighted by Gasteiger charge is -2.04. The maximum Gasteiger partial charge on any atom is 0.182 e. The van der Waals surface area contributed by atoms with E-state index in [9.17, 15) is 4.39 Å². The van der Waals surface area contributed by atoms with Gasteiger partial charge >= 0.3 is 0 Å². The molecule has 0 saturated heterocycles. The summed E-state index contributed by atoms with van der Waals surface area (Å²) in [6, 6.07) is 11.7. The van der Waals surface area contributed by atoms with Crippen molar-refractivity contribution in [2.24, 2.45) is 0 Å². The van der Waals surface area contributed by atoms with Gasteiger partial charge in [0, 0.05) is 5.02 Å². The summed E-state index contributed by atoms with van der Waals surface area (Å²) in [4.78, 5) is 3.06. The maximum atomic E-state index is 13.3. The van der Waals surface area contributed by atoms with Crippen LogP contribution in [0.15, 0.2) is 42.5 Å². The Morgan fingerprint density at radius 3 is 2.78 bits per heavy atom. The molecule has 2 aromatic carbocycles. The van der Waals surface area contributed by atoms with Crippen molar-refractivity contribution in [3.63, 3.8) is 0 Å². The van der Waals surface area contributed by atoms with Crippen molar-refractivity contribution in [3.8, 4) is 5.69 Å². The number of rotatable bonds is 1. The molecule has 0 aliphatic carbocycles. The number of H-pyrrole nitrogens is 1. The van der Waals surface area contributed by atoms with Gasteiger partial charge in [-0.25, -0.2) is 4.39 Å². The first-order valence-corrected chi connectivity index (χ1v) is 6.10. The fourth-order valence-corrected chi connectivity index (χ4v) is 2.44. The van der Waals surface area contributed by atoms with E-state index in [1.807, 2.05) is 6.07 Å². The van der Waals surface area contributed by atoms with E-state index in [1.54, 1.807) is 28.8 Å². The highest BCUT2D eigenvalue weighted by Crippen LogP contribution is 2.22. The van der Waals surface area contributed by atoms with Crippen molar-refractivity contribution >= 4 is 34.9 Å². The molecule has 18 heavy (non-hydrogen) atoms. The molecule has 0 unspecified atom stereocenters. The zero-order valence-electron chi connectivity index (χ0n) is 9.15. The third-order valence-electron chi connectivity index (χ3n) is 2.71. The van der Waals surface area contributed by atoms with E-state index in [2.05, 4.69) is 4.98 Å². The quantitative estimate of drug-likeness (QED) is 0.651. The number of imidazole rings is 1. The summed E-state index contributed by atoms with van der Waals surface area (Å²) in [6.45, 7) is 0. The van der Waals surface area contributed by atoms with E-state index < -0.39 is 0 Å². The van der Waals surface area contributed by atoms with Gasteiger partial charge in [-0.3, -0.25) is 4.57 Å². The lowest BCUT2D eigenvalue weighted by Crippen LogP contribution is -1.94. The summed E-state index contributed by atoms with van der Waals surface area (Å²) >= 11 is 11.2. The van der Waals surface area contributed by atoms with Crippen LogP contribution in [0.25, 0.3) is 16.7 Å². The van der Waals surface area contributed by atoms with Crippen LogP contribution in [0.4, 0.5) is 4.39 Å². The van der Waals surface area contributed by atoms with Crippen molar-refractivity contribution in [3.05, 3.63) is 58.1 Å². The van der Waals surface area contributed by atoms with E-state index in [0.29, 0.717) is 15.5 Å². The summed E-state index contributed by atoms with van der Waals surface area (Å²) in [5, 5.41) is 0.630. The Labute approximate surface area is 113 Å². The van der Waals surface area contributed by atoms with Gasteiger partial charge in [0.1, 0.15) is 5.82 Å². The van der Waals surface area contributed by atoms with Gasteiger partial charge in [-0.2, -0.15) is 0 Å². The molecule has 3 rings (SSSR count).